The van der Waals surface area contributed by atoms with Gasteiger partial charge in [-0.25, -0.2) is 0 Å². The highest BCUT2D eigenvalue weighted by Crippen LogP contribution is 2.34. The lowest BCUT2D eigenvalue weighted by Crippen LogP contribution is -2.03. The highest BCUT2D eigenvalue weighted by atomic mass is 35.5. The monoisotopic (exact) mass is 382 g/mol. The van der Waals surface area contributed by atoms with Crippen LogP contribution < -0.4 is 4.74 Å². The van der Waals surface area contributed by atoms with Gasteiger partial charge in [0, 0.05) is 27.1 Å². The second-order valence-electron chi connectivity index (χ2n) is 6.80. The second-order valence-corrected chi connectivity index (χ2v) is 7.23. The van der Waals surface area contributed by atoms with E-state index in [0.29, 0.717) is 22.3 Å². The topological polar surface area (TPSA) is 59.7 Å². The van der Waals surface area contributed by atoms with Crippen molar-refractivity contribution in [2.24, 2.45) is 5.92 Å². The van der Waals surface area contributed by atoms with E-state index in [4.69, 9.17) is 25.9 Å². The molecule has 0 radical (unpaired) electrons. The van der Waals surface area contributed by atoms with Gasteiger partial charge in [-0.15, -0.1) is 0 Å². The van der Waals surface area contributed by atoms with Gasteiger partial charge >= 0.3 is 5.97 Å². The van der Waals surface area contributed by atoms with Crippen LogP contribution in [0, 0.1) is 5.92 Å². The molecule has 4 rings (SSSR count). The predicted molar refractivity (Wildman–Crippen MR) is 105 cm³/mol. The molecule has 4 nitrogen and oxygen atoms in total. The molecule has 0 aliphatic heterocycles. The van der Waals surface area contributed by atoms with Crippen LogP contribution in [-0.2, 0) is 17.8 Å². The number of para-hydroxylation sites is 1. The summed E-state index contributed by atoms with van der Waals surface area (Å²) in [6.45, 7) is 0.274. The number of ether oxygens (including phenoxy) is 1. The molecule has 1 N–H and O–H groups in total. The third kappa shape index (κ3) is 4.17. The zero-order valence-corrected chi connectivity index (χ0v) is 15.4. The van der Waals surface area contributed by atoms with Crippen molar-refractivity contribution in [2.75, 3.05) is 0 Å². The van der Waals surface area contributed by atoms with Crippen LogP contribution in [0.1, 0.15) is 29.5 Å². The number of allylic oxidation sites excluding steroid dienone is 1. The number of aliphatic carboxylic acids is 1. The minimum atomic E-state index is -0.890. The molecule has 1 heterocycles. The summed E-state index contributed by atoms with van der Waals surface area (Å²) >= 11 is 6.30. The SMILES string of the molecule is O=C(O)Cc1ccccc1OCc1coc2c(C=CC3CC3)cc(Cl)cc12. The fraction of sp³-hybridized carbons (Fsp3) is 0.227. The summed E-state index contributed by atoms with van der Waals surface area (Å²) in [5.74, 6) is 0.339. The van der Waals surface area contributed by atoms with Crippen molar-refractivity contribution in [3.63, 3.8) is 0 Å². The Balaban J connectivity index is 1.59. The molecule has 2 aromatic carbocycles. The number of hydrogen-bond acceptors (Lipinski definition) is 3. The summed E-state index contributed by atoms with van der Waals surface area (Å²) in [6.07, 6.45) is 8.36. The predicted octanol–water partition coefficient (Wildman–Crippen LogP) is 5.72. The van der Waals surface area contributed by atoms with E-state index >= 15 is 0 Å². The number of hydrogen-bond donors (Lipinski definition) is 1. The lowest BCUT2D eigenvalue weighted by molar-refractivity contribution is -0.136. The maximum absolute atomic E-state index is 11.0. The first-order valence-electron chi connectivity index (χ1n) is 8.90. The highest BCUT2D eigenvalue weighted by Gasteiger charge is 2.18. The van der Waals surface area contributed by atoms with E-state index in [9.17, 15) is 4.79 Å². The van der Waals surface area contributed by atoms with E-state index in [0.717, 1.165) is 22.1 Å². The third-order valence-corrected chi connectivity index (χ3v) is 4.83. The van der Waals surface area contributed by atoms with E-state index in [-0.39, 0.29) is 13.0 Å². The number of carboxylic acid groups (broad SMARTS) is 1. The number of fused-ring (bicyclic) bond motifs is 1. The molecule has 1 aliphatic carbocycles. The molecule has 0 unspecified atom stereocenters. The molecule has 27 heavy (non-hydrogen) atoms. The summed E-state index contributed by atoms with van der Waals surface area (Å²) in [4.78, 5) is 11.0. The first-order valence-corrected chi connectivity index (χ1v) is 9.28. The fourth-order valence-electron chi connectivity index (χ4n) is 3.05. The lowest BCUT2D eigenvalue weighted by Gasteiger charge is -2.09. The number of carbonyl (C=O) groups is 1. The second kappa shape index (κ2) is 7.49. The van der Waals surface area contributed by atoms with Crippen LogP contribution in [0.2, 0.25) is 5.02 Å². The number of benzene rings is 2. The number of rotatable bonds is 7. The van der Waals surface area contributed by atoms with Crippen LogP contribution in [0.25, 0.3) is 17.0 Å². The molecular formula is C22H19ClO4. The maximum Gasteiger partial charge on any atom is 0.307 e. The molecule has 0 bridgehead atoms. The molecule has 1 saturated carbocycles. The molecule has 0 atom stereocenters. The quantitative estimate of drug-likeness (QED) is 0.568. The molecule has 138 valence electrons. The normalized spacial score (nSPS) is 14.1. The Bertz CT molecular complexity index is 1010. The Morgan fingerprint density at radius 3 is 2.85 bits per heavy atom. The highest BCUT2D eigenvalue weighted by molar-refractivity contribution is 6.31. The molecular weight excluding hydrogens is 364 g/mol. The van der Waals surface area contributed by atoms with Gasteiger partial charge in [-0.2, -0.15) is 0 Å². The number of furan rings is 1. The van der Waals surface area contributed by atoms with Crippen molar-refractivity contribution in [1.82, 2.24) is 0 Å². The van der Waals surface area contributed by atoms with Gasteiger partial charge in [0.1, 0.15) is 17.9 Å². The van der Waals surface area contributed by atoms with E-state index in [1.807, 2.05) is 18.2 Å². The van der Waals surface area contributed by atoms with Gasteiger partial charge in [-0.1, -0.05) is 42.0 Å². The lowest BCUT2D eigenvalue weighted by atomic mass is 10.1. The van der Waals surface area contributed by atoms with Crippen LogP contribution in [0.5, 0.6) is 5.75 Å². The van der Waals surface area contributed by atoms with Gasteiger partial charge in [0.2, 0.25) is 0 Å². The third-order valence-electron chi connectivity index (χ3n) is 4.61. The van der Waals surface area contributed by atoms with Gasteiger partial charge in [0.25, 0.3) is 0 Å². The first kappa shape index (κ1) is 17.7. The van der Waals surface area contributed by atoms with Crippen LogP contribution in [0.15, 0.2) is 53.2 Å². The number of halogens is 1. The van der Waals surface area contributed by atoms with Gasteiger partial charge in [0.15, 0.2) is 0 Å². The van der Waals surface area contributed by atoms with Crippen molar-refractivity contribution < 1.29 is 19.1 Å². The molecule has 5 heteroatoms. The smallest absolute Gasteiger partial charge is 0.307 e. The summed E-state index contributed by atoms with van der Waals surface area (Å²) in [5, 5.41) is 10.6. The van der Waals surface area contributed by atoms with Gasteiger partial charge in [-0.3, -0.25) is 4.79 Å². The Morgan fingerprint density at radius 1 is 1.26 bits per heavy atom. The van der Waals surface area contributed by atoms with Crippen molar-refractivity contribution in [3.8, 4) is 5.75 Å². The molecule has 3 aromatic rings. The van der Waals surface area contributed by atoms with Gasteiger partial charge < -0.3 is 14.3 Å². The van der Waals surface area contributed by atoms with Gasteiger partial charge in [0.05, 0.1) is 12.7 Å². The first-order chi connectivity index (χ1) is 13.1. The van der Waals surface area contributed by atoms with Crippen molar-refractivity contribution in [3.05, 3.63) is 70.5 Å². The molecule has 1 aromatic heterocycles. The van der Waals surface area contributed by atoms with E-state index in [1.165, 1.54) is 12.8 Å². The van der Waals surface area contributed by atoms with Crippen molar-refractivity contribution in [1.29, 1.82) is 0 Å². The van der Waals surface area contributed by atoms with Gasteiger partial charge in [-0.05, 0) is 37.0 Å². The fourth-order valence-corrected chi connectivity index (χ4v) is 3.28. The zero-order chi connectivity index (χ0) is 18.8. The summed E-state index contributed by atoms with van der Waals surface area (Å²) < 4.78 is 11.7. The zero-order valence-electron chi connectivity index (χ0n) is 14.7. The summed E-state index contributed by atoms with van der Waals surface area (Å²) in [5.41, 5.74) is 3.26. The van der Waals surface area contributed by atoms with Crippen molar-refractivity contribution in [2.45, 2.75) is 25.9 Å². The molecule has 1 fully saturated rings. The summed E-state index contributed by atoms with van der Waals surface area (Å²) in [7, 11) is 0. The maximum atomic E-state index is 11.0. The van der Waals surface area contributed by atoms with Crippen LogP contribution in [0.3, 0.4) is 0 Å². The Morgan fingerprint density at radius 2 is 2.07 bits per heavy atom. The van der Waals surface area contributed by atoms with E-state index < -0.39 is 5.97 Å². The minimum absolute atomic E-state index is 0.0791. The summed E-state index contributed by atoms with van der Waals surface area (Å²) in [6, 6.07) is 10.9. The minimum Gasteiger partial charge on any atom is -0.488 e. The van der Waals surface area contributed by atoms with Crippen LogP contribution >= 0.6 is 11.6 Å². The standard InChI is InChI=1S/C22H19ClO4/c23-18-9-16(8-7-14-5-6-14)22-19(11-18)17(13-27-22)12-26-20-4-2-1-3-15(20)10-21(24)25/h1-4,7-9,11,13-14H,5-6,10,12H2,(H,24,25). The van der Waals surface area contributed by atoms with Crippen LogP contribution in [-0.4, -0.2) is 11.1 Å². The molecule has 0 amide bonds. The van der Waals surface area contributed by atoms with Crippen LogP contribution in [0.4, 0.5) is 0 Å². The number of carboxylic acids is 1. The van der Waals surface area contributed by atoms with E-state index in [1.54, 1.807) is 24.5 Å². The largest absolute Gasteiger partial charge is 0.488 e. The Kier molecular flexibility index (Phi) is 4.90. The average Bonchev–Trinajstić information content (AvgIpc) is 3.38. The van der Waals surface area contributed by atoms with Crippen molar-refractivity contribution >= 4 is 34.6 Å². The molecule has 1 aliphatic rings. The average molecular weight is 383 g/mol. The molecule has 0 spiro atoms. The van der Waals surface area contributed by atoms with E-state index in [2.05, 4.69) is 12.2 Å². The Labute approximate surface area is 162 Å². The molecule has 0 saturated heterocycles. The Hall–Kier alpha value is -2.72.